The summed E-state index contributed by atoms with van der Waals surface area (Å²) in [5, 5.41) is 0.888. The summed E-state index contributed by atoms with van der Waals surface area (Å²) in [5.41, 5.74) is 1.53. The van der Waals surface area contributed by atoms with E-state index >= 15 is 0 Å². The van der Waals surface area contributed by atoms with Crippen molar-refractivity contribution < 1.29 is 26.4 Å². The molecule has 3 aromatic heterocycles. The number of pyridine rings is 2. The first kappa shape index (κ1) is 23.2. The second kappa shape index (κ2) is 8.26. The smallest absolute Gasteiger partial charge is 0.299 e. The monoisotopic (exact) mass is 510 g/mol. The van der Waals surface area contributed by atoms with Gasteiger partial charge in [0.05, 0.1) is 16.3 Å². The average molecular weight is 511 g/mol. The molecule has 1 saturated heterocycles. The number of thiazole rings is 1. The summed E-state index contributed by atoms with van der Waals surface area (Å²) in [5.74, 6) is -0.792. The van der Waals surface area contributed by atoms with Crippen molar-refractivity contribution in [1.82, 2.24) is 15.0 Å². The molecule has 1 aliphatic carbocycles. The molecule has 0 bridgehead atoms. The van der Waals surface area contributed by atoms with Crippen LogP contribution in [-0.4, -0.2) is 41.5 Å². The van der Waals surface area contributed by atoms with Crippen LogP contribution in [0, 0.1) is 6.92 Å². The van der Waals surface area contributed by atoms with E-state index in [1.807, 2.05) is 6.92 Å². The zero-order valence-electron chi connectivity index (χ0n) is 18.2. The number of hydrogen-bond donors (Lipinski definition) is 0. The van der Waals surface area contributed by atoms with Crippen molar-refractivity contribution in [3.8, 4) is 0 Å². The molecule has 7 nitrogen and oxygen atoms in total. The molecule has 1 aliphatic heterocycles. The summed E-state index contributed by atoms with van der Waals surface area (Å²) < 4.78 is 66.3. The number of aromatic nitrogens is 3. The number of Topliss-reactive ketones (excluding diaryl/α,β-unsaturated/α-hetero) is 1. The van der Waals surface area contributed by atoms with E-state index in [2.05, 4.69) is 15.0 Å². The highest BCUT2D eigenvalue weighted by atomic mass is 32.2. The fourth-order valence-corrected chi connectivity index (χ4v) is 6.70. The molecule has 0 amide bonds. The lowest BCUT2D eigenvalue weighted by atomic mass is 9.97. The quantitative estimate of drug-likeness (QED) is 0.494. The van der Waals surface area contributed by atoms with E-state index in [-0.39, 0.29) is 42.9 Å². The Morgan fingerprint density at radius 2 is 1.97 bits per heavy atom. The molecule has 34 heavy (non-hydrogen) atoms. The number of fused-ring (bicyclic) bond motifs is 1. The van der Waals surface area contributed by atoms with E-state index in [4.69, 9.17) is 0 Å². The largest absolute Gasteiger partial charge is 0.420 e. The van der Waals surface area contributed by atoms with Crippen molar-refractivity contribution in [2.24, 2.45) is 0 Å². The second-order valence-electron chi connectivity index (χ2n) is 8.70. The van der Waals surface area contributed by atoms with E-state index in [9.17, 15) is 26.4 Å². The molecule has 0 atom stereocenters. The molecule has 0 unspecified atom stereocenters. The number of carbonyl (C=O) groups is 1. The van der Waals surface area contributed by atoms with E-state index < -0.39 is 27.6 Å². The highest BCUT2D eigenvalue weighted by Crippen LogP contribution is 2.45. The maximum atomic E-state index is 13.8. The Labute approximate surface area is 198 Å². The minimum Gasteiger partial charge on any atom is -0.299 e. The lowest BCUT2D eigenvalue weighted by Crippen LogP contribution is -2.29. The summed E-state index contributed by atoms with van der Waals surface area (Å²) in [6, 6.07) is 0.834. The van der Waals surface area contributed by atoms with Crippen molar-refractivity contribution in [1.29, 1.82) is 0 Å². The second-order valence-corrected chi connectivity index (χ2v) is 11.9. The first-order valence-electron chi connectivity index (χ1n) is 10.9. The molecule has 180 valence electrons. The lowest BCUT2D eigenvalue weighted by molar-refractivity contribution is -0.137. The first-order valence-corrected chi connectivity index (χ1v) is 13.3. The van der Waals surface area contributed by atoms with Gasteiger partial charge in [0, 0.05) is 31.8 Å². The van der Waals surface area contributed by atoms with Gasteiger partial charge in [0.2, 0.25) is 10.0 Å². The van der Waals surface area contributed by atoms with Gasteiger partial charge in [-0.3, -0.25) is 9.10 Å². The molecule has 0 radical (unpaired) electrons. The molecule has 0 aromatic carbocycles. The van der Waals surface area contributed by atoms with Crippen molar-refractivity contribution in [2.75, 3.05) is 16.6 Å². The molecule has 4 heterocycles. The van der Waals surface area contributed by atoms with Gasteiger partial charge in [-0.2, -0.15) is 13.2 Å². The third-order valence-corrected chi connectivity index (χ3v) is 8.70. The van der Waals surface area contributed by atoms with Crippen LogP contribution in [0.2, 0.25) is 0 Å². The van der Waals surface area contributed by atoms with Crippen LogP contribution in [0.5, 0.6) is 0 Å². The van der Waals surface area contributed by atoms with Crippen LogP contribution in [0.4, 0.5) is 19.0 Å². The van der Waals surface area contributed by atoms with Crippen LogP contribution in [-0.2, 0) is 33.8 Å². The average Bonchev–Trinajstić information content (AvgIpc) is 3.41. The number of alkyl halides is 3. The molecule has 2 aliphatic rings. The third-order valence-electron chi connectivity index (χ3n) is 5.99. The van der Waals surface area contributed by atoms with Crippen molar-refractivity contribution in [3.05, 3.63) is 45.7 Å². The molecule has 5 rings (SSSR count). The van der Waals surface area contributed by atoms with Gasteiger partial charge in [0.1, 0.15) is 16.1 Å². The number of nitrogens with zero attached hydrogens (tertiary/aromatic N) is 4. The number of halogens is 3. The summed E-state index contributed by atoms with van der Waals surface area (Å²) >= 11 is 1.49. The molecule has 12 heteroatoms. The van der Waals surface area contributed by atoms with Gasteiger partial charge in [-0.05, 0) is 54.9 Å². The maximum Gasteiger partial charge on any atom is 0.420 e. The molecule has 0 N–H and O–H groups in total. The number of aryl methyl sites for hydroxylation is 1. The summed E-state index contributed by atoms with van der Waals surface area (Å²) in [7, 11) is -3.83. The SMILES string of the molecule is Cc1nc2c(C3CC3)c(CC(=O)Cc3cnc(N4CCCS4(=O)=O)c(C(F)(F)F)c3)cnc2s1. The zero-order valence-corrected chi connectivity index (χ0v) is 19.9. The fraction of sp³-hybridized carbons (Fsp3) is 0.455. The van der Waals surface area contributed by atoms with Gasteiger partial charge in [0.25, 0.3) is 0 Å². The first-order chi connectivity index (χ1) is 16.0. The van der Waals surface area contributed by atoms with Gasteiger partial charge in [-0.25, -0.2) is 23.4 Å². The van der Waals surface area contributed by atoms with Crippen molar-refractivity contribution in [2.45, 2.75) is 51.1 Å². The molecular formula is C22H21F3N4O3S2. The normalized spacial score (nSPS) is 18.1. The number of rotatable bonds is 6. The summed E-state index contributed by atoms with van der Waals surface area (Å²) in [6.07, 6.45) is 0.0664. The zero-order chi connectivity index (χ0) is 24.3. The van der Waals surface area contributed by atoms with E-state index in [1.54, 1.807) is 6.20 Å². The number of carbonyl (C=O) groups excluding carboxylic acids is 1. The molecule has 3 aromatic rings. The predicted molar refractivity (Wildman–Crippen MR) is 122 cm³/mol. The highest BCUT2D eigenvalue weighted by molar-refractivity contribution is 7.93. The Morgan fingerprint density at radius 3 is 2.62 bits per heavy atom. The van der Waals surface area contributed by atoms with Crippen LogP contribution in [0.1, 0.15) is 52.4 Å². The summed E-state index contributed by atoms with van der Waals surface area (Å²) in [6.45, 7) is 1.85. The highest BCUT2D eigenvalue weighted by Gasteiger charge is 2.40. The fourth-order valence-electron chi connectivity index (χ4n) is 4.39. The third kappa shape index (κ3) is 4.40. The standard InChI is InChI=1S/C22H21F3N4O3S2/c1-12-28-19-18(14-3-4-14)15(11-27-21(19)33-12)9-16(30)7-13-8-17(22(23,24)25)20(26-10-13)29-5-2-6-34(29,31)32/h8,10-11,14H,2-7,9H2,1H3. The minimum atomic E-state index is -4.81. The van der Waals surface area contributed by atoms with Gasteiger partial charge in [0.15, 0.2) is 5.82 Å². The van der Waals surface area contributed by atoms with Crippen LogP contribution in [0.15, 0.2) is 18.5 Å². The van der Waals surface area contributed by atoms with Crippen molar-refractivity contribution in [3.63, 3.8) is 0 Å². The van der Waals surface area contributed by atoms with Gasteiger partial charge >= 0.3 is 6.18 Å². The van der Waals surface area contributed by atoms with Crippen molar-refractivity contribution >= 4 is 43.3 Å². The number of hydrogen-bond acceptors (Lipinski definition) is 7. The summed E-state index contributed by atoms with van der Waals surface area (Å²) in [4.78, 5) is 26.5. The topological polar surface area (TPSA) is 93.1 Å². The lowest BCUT2D eigenvalue weighted by Gasteiger charge is -2.21. The predicted octanol–water partition coefficient (Wildman–Crippen LogP) is 4.19. The Bertz CT molecular complexity index is 1400. The minimum absolute atomic E-state index is 0.0367. The Kier molecular flexibility index (Phi) is 5.63. The number of anilines is 1. The molecular weight excluding hydrogens is 489 g/mol. The van der Waals surface area contributed by atoms with Gasteiger partial charge < -0.3 is 0 Å². The van der Waals surface area contributed by atoms with Gasteiger partial charge in [-0.1, -0.05) is 11.3 Å². The van der Waals surface area contributed by atoms with E-state index in [0.717, 1.165) is 51.6 Å². The van der Waals surface area contributed by atoms with E-state index in [1.165, 1.54) is 11.3 Å². The van der Waals surface area contributed by atoms with Crippen LogP contribution < -0.4 is 4.31 Å². The molecule has 1 saturated carbocycles. The van der Waals surface area contributed by atoms with Crippen LogP contribution in [0.25, 0.3) is 10.3 Å². The van der Waals surface area contributed by atoms with Gasteiger partial charge in [-0.15, -0.1) is 0 Å². The number of ketones is 1. The Morgan fingerprint density at radius 1 is 1.21 bits per heavy atom. The molecule has 2 fully saturated rings. The van der Waals surface area contributed by atoms with E-state index in [0.29, 0.717) is 10.2 Å². The Hall–Kier alpha value is -2.60. The van der Waals surface area contributed by atoms with Crippen LogP contribution >= 0.6 is 11.3 Å². The number of sulfonamides is 1. The molecule has 0 spiro atoms. The van der Waals surface area contributed by atoms with Crippen LogP contribution in [0.3, 0.4) is 0 Å². The Balaban J connectivity index is 1.42. The maximum absolute atomic E-state index is 13.8.